The maximum atomic E-state index is 13.3. The Bertz CT molecular complexity index is 1290. The quantitative estimate of drug-likeness (QED) is 0.264. The van der Waals surface area contributed by atoms with Gasteiger partial charge in [0.1, 0.15) is 0 Å². The van der Waals surface area contributed by atoms with Crippen molar-refractivity contribution in [1.29, 1.82) is 0 Å². The molecule has 0 bridgehead atoms. The fourth-order valence-corrected chi connectivity index (χ4v) is 6.99. The molecule has 2 aliphatic heterocycles. The van der Waals surface area contributed by atoms with Gasteiger partial charge in [0.2, 0.25) is 6.41 Å². The van der Waals surface area contributed by atoms with E-state index in [0.29, 0.717) is 56.3 Å². The molecule has 2 amide bonds. The van der Waals surface area contributed by atoms with Gasteiger partial charge in [0.25, 0.3) is 5.91 Å². The van der Waals surface area contributed by atoms with E-state index in [-0.39, 0.29) is 28.0 Å². The summed E-state index contributed by atoms with van der Waals surface area (Å²) < 4.78 is 30.5. The Labute approximate surface area is 225 Å². The first-order chi connectivity index (χ1) is 18.3. The molecule has 2 saturated heterocycles. The van der Waals surface area contributed by atoms with E-state index >= 15 is 0 Å². The Balaban J connectivity index is 1.28. The molecule has 0 unspecified atom stereocenters. The van der Waals surface area contributed by atoms with Crippen molar-refractivity contribution in [2.45, 2.75) is 55.0 Å². The van der Waals surface area contributed by atoms with Crippen LogP contribution >= 0.6 is 11.3 Å². The van der Waals surface area contributed by atoms with Crippen molar-refractivity contribution < 1.29 is 27.6 Å². The Hall–Kier alpha value is -2.87. The van der Waals surface area contributed by atoms with E-state index in [2.05, 4.69) is 20.4 Å². The number of amides is 2. The summed E-state index contributed by atoms with van der Waals surface area (Å²) in [7, 11) is -3.34. The number of rotatable bonds is 10. The van der Waals surface area contributed by atoms with Crippen LogP contribution in [-0.2, 0) is 35.5 Å². The summed E-state index contributed by atoms with van der Waals surface area (Å²) in [6.07, 6.45) is 4.41. The zero-order valence-electron chi connectivity index (χ0n) is 21.1. The highest BCUT2D eigenvalue weighted by Gasteiger charge is 2.37. The number of nitrogens with one attached hydrogen (secondary N) is 1. The van der Waals surface area contributed by atoms with E-state index in [0.717, 1.165) is 24.4 Å². The number of carbonyl (C=O) groups excluding carboxylic acids is 2. The SMILES string of the molecule is C[C@H]1CN(Cc2cnc(NC(=O)C(=NO[C@@H]3CCOC3)c3ccc(S(=O)(=O)C4CC4)cc3)s2)CCN1C=O. The zero-order valence-corrected chi connectivity index (χ0v) is 22.7. The number of carbonyl (C=O) groups is 2. The second-order valence-corrected chi connectivity index (χ2v) is 13.2. The van der Waals surface area contributed by atoms with Crippen molar-refractivity contribution in [2.24, 2.45) is 5.16 Å². The predicted octanol–water partition coefficient (Wildman–Crippen LogP) is 1.89. The average Bonchev–Trinajstić information content (AvgIpc) is 3.49. The van der Waals surface area contributed by atoms with E-state index in [9.17, 15) is 18.0 Å². The van der Waals surface area contributed by atoms with Gasteiger partial charge in [-0.1, -0.05) is 17.3 Å². The summed E-state index contributed by atoms with van der Waals surface area (Å²) in [5, 5.41) is 7.06. The second-order valence-electron chi connectivity index (χ2n) is 9.81. The standard InChI is InChI=1S/C25H31N5O6S2/c1-17-13-29(9-10-30(17)16-31)14-20-12-26-25(37-20)27-24(32)23(28-36-19-8-11-35-15-19)18-2-4-21(5-3-18)38(33,34)22-6-7-22/h2-5,12,16-17,19,22H,6-11,13-15H2,1H3,(H,26,27,32)/t17-,19+/m0/s1. The molecule has 1 N–H and O–H groups in total. The van der Waals surface area contributed by atoms with Gasteiger partial charge >= 0.3 is 0 Å². The highest BCUT2D eigenvalue weighted by Crippen LogP contribution is 2.33. The van der Waals surface area contributed by atoms with Crippen LogP contribution < -0.4 is 5.32 Å². The molecule has 204 valence electrons. The van der Waals surface area contributed by atoms with Gasteiger partial charge in [-0.05, 0) is 31.9 Å². The van der Waals surface area contributed by atoms with E-state index in [1.54, 1.807) is 23.2 Å². The van der Waals surface area contributed by atoms with E-state index < -0.39 is 15.7 Å². The molecule has 0 radical (unpaired) electrons. The van der Waals surface area contributed by atoms with E-state index in [4.69, 9.17) is 9.57 Å². The number of sulfone groups is 1. The molecule has 3 aliphatic rings. The van der Waals surface area contributed by atoms with Crippen LogP contribution in [0.25, 0.3) is 0 Å². The van der Waals surface area contributed by atoms with Crippen molar-refractivity contribution in [3.05, 3.63) is 40.9 Å². The topological polar surface area (TPSA) is 130 Å². The van der Waals surface area contributed by atoms with Gasteiger partial charge in [-0.3, -0.25) is 19.8 Å². The van der Waals surface area contributed by atoms with Crippen molar-refractivity contribution in [3.63, 3.8) is 0 Å². The Morgan fingerprint density at radius 1 is 1.26 bits per heavy atom. The van der Waals surface area contributed by atoms with E-state index in [1.807, 2.05) is 6.92 Å². The third kappa shape index (κ3) is 6.22. The summed E-state index contributed by atoms with van der Waals surface area (Å²) >= 11 is 1.37. The highest BCUT2D eigenvalue weighted by atomic mass is 32.2. The molecule has 38 heavy (non-hydrogen) atoms. The van der Waals surface area contributed by atoms with Crippen LogP contribution in [0.4, 0.5) is 5.13 Å². The van der Waals surface area contributed by atoms with Crippen molar-refractivity contribution >= 4 is 44.3 Å². The molecule has 3 heterocycles. The second kappa shape index (κ2) is 11.5. The smallest absolute Gasteiger partial charge is 0.280 e. The van der Waals surface area contributed by atoms with Crippen LogP contribution in [0.5, 0.6) is 0 Å². The molecule has 1 saturated carbocycles. The van der Waals surface area contributed by atoms with Crippen molar-refractivity contribution in [3.8, 4) is 0 Å². The van der Waals surface area contributed by atoms with Crippen molar-refractivity contribution in [1.82, 2.24) is 14.8 Å². The van der Waals surface area contributed by atoms with Crippen LogP contribution in [0.15, 0.2) is 40.5 Å². The Morgan fingerprint density at radius 2 is 2.05 bits per heavy atom. The lowest BCUT2D eigenvalue weighted by atomic mass is 10.1. The molecule has 2 atom stereocenters. The first kappa shape index (κ1) is 26.7. The predicted molar refractivity (Wildman–Crippen MR) is 142 cm³/mol. The lowest BCUT2D eigenvalue weighted by molar-refractivity contribution is -0.122. The number of aromatic nitrogens is 1. The first-order valence-electron chi connectivity index (χ1n) is 12.7. The summed E-state index contributed by atoms with van der Waals surface area (Å²) in [6.45, 7) is 5.88. The normalized spacial score (nSPS) is 22.9. The monoisotopic (exact) mass is 561 g/mol. The van der Waals surface area contributed by atoms with Crippen LogP contribution in [0, 0.1) is 0 Å². The first-order valence-corrected chi connectivity index (χ1v) is 15.0. The maximum Gasteiger partial charge on any atom is 0.280 e. The number of thiazole rings is 1. The number of hydrogen-bond acceptors (Lipinski definition) is 10. The van der Waals surface area contributed by atoms with Gasteiger partial charge in [-0.25, -0.2) is 13.4 Å². The highest BCUT2D eigenvalue weighted by molar-refractivity contribution is 7.92. The van der Waals surface area contributed by atoms with E-state index in [1.165, 1.54) is 23.5 Å². The number of ether oxygens (including phenoxy) is 1. The molecule has 0 spiro atoms. The number of nitrogens with zero attached hydrogens (tertiary/aromatic N) is 4. The molecule has 1 aromatic carbocycles. The largest absolute Gasteiger partial charge is 0.389 e. The molecule has 11 nitrogen and oxygen atoms in total. The summed E-state index contributed by atoms with van der Waals surface area (Å²) in [5.41, 5.74) is 0.470. The van der Waals surface area contributed by atoms with Crippen molar-refractivity contribution in [2.75, 3.05) is 38.2 Å². The molecule has 13 heteroatoms. The third-order valence-corrected chi connectivity index (χ3v) is 10.0. The number of anilines is 1. The minimum Gasteiger partial charge on any atom is -0.389 e. The van der Waals surface area contributed by atoms with Gasteiger partial charge in [0.05, 0.1) is 23.4 Å². The van der Waals surface area contributed by atoms with Crippen LogP contribution in [0.3, 0.4) is 0 Å². The fraction of sp³-hybridized carbons (Fsp3) is 0.520. The van der Waals surface area contributed by atoms with Gasteiger partial charge in [0.15, 0.2) is 26.8 Å². The van der Waals surface area contributed by atoms with Gasteiger partial charge in [0, 0.05) is 55.3 Å². The Morgan fingerprint density at radius 3 is 2.71 bits per heavy atom. The van der Waals surface area contributed by atoms with Gasteiger partial charge in [-0.2, -0.15) is 0 Å². The molecule has 1 aromatic heterocycles. The lowest BCUT2D eigenvalue weighted by Gasteiger charge is -2.37. The zero-order chi connectivity index (χ0) is 26.7. The fourth-order valence-electron chi connectivity index (χ4n) is 4.48. The Kier molecular flexibility index (Phi) is 8.07. The van der Waals surface area contributed by atoms with Crippen LogP contribution in [0.1, 0.15) is 36.6 Å². The number of piperazine rings is 1. The van der Waals surface area contributed by atoms with Gasteiger partial charge < -0.3 is 14.5 Å². The van der Waals surface area contributed by atoms with Gasteiger partial charge in [-0.15, -0.1) is 11.3 Å². The molecular formula is C25H31N5O6S2. The van der Waals surface area contributed by atoms with Crippen LogP contribution in [0.2, 0.25) is 0 Å². The summed E-state index contributed by atoms with van der Waals surface area (Å²) in [6, 6.07) is 6.32. The maximum absolute atomic E-state index is 13.3. The average molecular weight is 562 g/mol. The minimum absolute atomic E-state index is 0.0304. The molecule has 2 aromatic rings. The summed E-state index contributed by atoms with van der Waals surface area (Å²) in [5.74, 6) is -0.504. The lowest BCUT2D eigenvalue weighted by Crippen LogP contribution is -2.50. The summed E-state index contributed by atoms with van der Waals surface area (Å²) in [4.78, 5) is 39.6. The van der Waals surface area contributed by atoms with Crippen LogP contribution in [-0.4, -0.2) is 91.5 Å². The molecule has 5 rings (SSSR count). The molecule has 1 aliphatic carbocycles. The molecular weight excluding hydrogens is 530 g/mol. The number of oxime groups is 1. The number of hydrogen-bond donors (Lipinski definition) is 1. The number of benzene rings is 1. The third-order valence-electron chi connectivity index (χ3n) is 6.87. The minimum atomic E-state index is -3.34. The molecule has 3 fully saturated rings.